The average Bonchev–Trinajstić information content (AvgIpc) is 2.57. The average molecular weight is 321 g/mol. The molecule has 1 atom stereocenters. The van der Waals surface area contributed by atoms with Crippen LogP contribution in [0.25, 0.3) is 0 Å². The van der Waals surface area contributed by atoms with Gasteiger partial charge in [0, 0.05) is 18.8 Å². The van der Waals surface area contributed by atoms with Crippen molar-refractivity contribution < 1.29 is 14.3 Å². The van der Waals surface area contributed by atoms with Crippen molar-refractivity contribution in [3.8, 4) is 5.75 Å². The van der Waals surface area contributed by atoms with Gasteiger partial charge in [-0.2, -0.15) is 0 Å². The highest BCUT2D eigenvalue weighted by Crippen LogP contribution is 2.22. The molecular weight excluding hydrogens is 298 g/mol. The monoisotopic (exact) mass is 321 g/mol. The summed E-state index contributed by atoms with van der Waals surface area (Å²) >= 11 is 0. The number of carbonyl (C=O) groups excluding carboxylic acids is 1. The molecule has 1 aromatic rings. The molecule has 0 spiro atoms. The van der Waals surface area contributed by atoms with Gasteiger partial charge in [-0.15, -0.1) is 0 Å². The second-order valence-corrected chi connectivity index (χ2v) is 5.86. The third-order valence-electron chi connectivity index (χ3n) is 4.18. The number of morpholine rings is 1. The molecule has 0 aromatic carbocycles. The first-order valence-electron chi connectivity index (χ1n) is 8.26. The van der Waals surface area contributed by atoms with Gasteiger partial charge >= 0.3 is 0 Å². The Morgan fingerprint density at radius 2 is 2.22 bits per heavy atom. The van der Waals surface area contributed by atoms with E-state index in [1.165, 1.54) is 6.07 Å². The van der Waals surface area contributed by atoms with Crippen LogP contribution in [0.5, 0.6) is 5.75 Å². The lowest BCUT2D eigenvalue weighted by Gasteiger charge is -2.41. The number of aromatic nitrogens is 1. The standard InChI is InChI=1S/C16H23N3O4/c1-2-3-4-5-9-23-15-12(20)6-7-19-14(15)16(21)18-8-10-22-11-13(18)17-19/h6-7,13,17H,2-5,8-11H2,1H3. The Labute approximate surface area is 135 Å². The Balaban J connectivity index is 1.81. The van der Waals surface area contributed by atoms with E-state index in [4.69, 9.17) is 9.47 Å². The van der Waals surface area contributed by atoms with Crippen LogP contribution in [0.2, 0.25) is 0 Å². The van der Waals surface area contributed by atoms with Crippen molar-refractivity contribution in [3.05, 3.63) is 28.2 Å². The fraction of sp³-hybridized carbons (Fsp3) is 0.625. The molecule has 3 heterocycles. The zero-order valence-corrected chi connectivity index (χ0v) is 13.4. The lowest BCUT2D eigenvalue weighted by Crippen LogP contribution is -2.59. The molecule has 1 amide bonds. The van der Waals surface area contributed by atoms with Crippen molar-refractivity contribution >= 4 is 5.91 Å². The molecule has 3 rings (SSSR count). The molecule has 0 aliphatic carbocycles. The molecule has 7 heteroatoms. The fourth-order valence-electron chi connectivity index (χ4n) is 2.92. The molecule has 126 valence electrons. The van der Waals surface area contributed by atoms with Crippen molar-refractivity contribution in [3.63, 3.8) is 0 Å². The number of hydrogen-bond donors (Lipinski definition) is 1. The largest absolute Gasteiger partial charge is 0.487 e. The van der Waals surface area contributed by atoms with Crippen LogP contribution in [0.15, 0.2) is 17.1 Å². The van der Waals surface area contributed by atoms with Crippen LogP contribution in [0.1, 0.15) is 43.1 Å². The molecule has 2 aliphatic rings. The van der Waals surface area contributed by atoms with Gasteiger partial charge in [0.25, 0.3) is 5.91 Å². The minimum absolute atomic E-state index is 0.145. The minimum atomic E-state index is -0.256. The fourth-order valence-corrected chi connectivity index (χ4v) is 2.92. The maximum Gasteiger partial charge on any atom is 0.278 e. The Kier molecular flexibility index (Phi) is 4.85. The second-order valence-electron chi connectivity index (χ2n) is 5.86. The number of carbonyl (C=O) groups is 1. The predicted octanol–water partition coefficient (Wildman–Crippen LogP) is 1.16. The first kappa shape index (κ1) is 15.9. The molecule has 1 N–H and O–H groups in total. The van der Waals surface area contributed by atoms with Gasteiger partial charge in [0.2, 0.25) is 5.43 Å². The van der Waals surface area contributed by atoms with Gasteiger partial charge in [0.15, 0.2) is 11.4 Å². The summed E-state index contributed by atoms with van der Waals surface area (Å²) in [5, 5.41) is 0. The summed E-state index contributed by atoms with van der Waals surface area (Å²) in [7, 11) is 0. The van der Waals surface area contributed by atoms with Gasteiger partial charge in [-0.3, -0.25) is 14.3 Å². The zero-order valence-electron chi connectivity index (χ0n) is 13.4. The van der Waals surface area contributed by atoms with Gasteiger partial charge in [0.1, 0.15) is 6.17 Å². The first-order chi connectivity index (χ1) is 11.2. The first-order valence-corrected chi connectivity index (χ1v) is 8.26. The Hall–Kier alpha value is -2.02. The lowest BCUT2D eigenvalue weighted by atomic mass is 10.2. The van der Waals surface area contributed by atoms with Gasteiger partial charge in [-0.25, -0.2) is 0 Å². The van der Waals surface area contributed by atoms with Crippen molar-refractivity contribution in [1.82, 2.24) is 9.58 Å². The molecule has 2 aliphatic heterocycles. The Morgan fingerprint density at radius 1 is 1.35 bits per heavy atom. The molecule has 7 nitrogen and oxygen atoms in total. The smallest absolute Gasteiger partial charge is 0.278 e. The van der Waals surface area contributed by atoms with Crippen LogP contribution in [0.4, 0.5) is 0 Å². The number of pyridine rings is 1. The molecule has 1 fully saturated rings. The summed E-state index contributed by atoms with van der Waals surface area (Å²) in [6, 6.07) is 1.42. The normalized spacial score (nSPS) is 19.8. The third-order valence-corrected chi connectivity index (χ3v) is 4.18. The van der Waals surface area contributed by atoms with Crippen LogP contribution in [-0.4, -0.2) is 48.0 Å². The van der Waals surface area contributed by atoms with E-state index >= 15 is 0 Å². The topological polar surface area (TPSA) is 72.8 Å². The highest BCUT2D eigenvalue weighted by molar-refractivity contribution is 5.96. The van der Waals surface area contributed by atoms with E-state index in [2.05, 4.69) is 12.3 Å². The van der Waals surface area contributed by atoms with Gasteiger partial charge in [-0.1, -0.05) is 26.2 Å². The molecule has 23 heavy (non-hydrogen) atoms. The van der Waals surface area contributed by atoms with Gasteiger partial charge in [0.05, 0.1) is 19.8 Å². The summed E-state index contributed by atoms with van der Waals surface area (Å²) in [5.41, 5.74) is 3.21. The number of fused-ring (bicyclic) bond motifs is 2. The van der Waals surface area contributed by atoms with Gasteiger partial charge < -0.3 is 19.8 Å². The highest BCUT2D eigenvalue weighted by Gasteiger charge is 2.36. The molecule has 1 unspecified atom stereocenters. The van der Waals surface area contributed by atoms with Crippen LogP contribution < -0.4 is 15.6 Å². The van der Waals surface area contributed by atoms with Crippen molar-refractivity contribution in [2.45, 2.75) is 38.8 Å². The van der Waals surface area contributed by atoms with Crippen LogP contribution in [0, 0.1) is 0 Å². The quantitative estimate of drug-likeness (QED) is 0.796. The summed E-state index contributed by atoms with van der Waals surface area (Å²) in [4.78, 5) is 26.6. The Morgan fingerprint density at radius 3 is 3.04 bits per heavy atom. The van der Waals surface area contributed by atoms with E-state index in [1.807, 2.05) is 0 Å². The van der Waals surface area contributed by atoms with Crippen LogP contribution in [0.3, 0.4) is 0 Å². The van der Waals surface area contributed by atoms with Crippen LogP contribution in [-0.2, 0) is 4.74 Å². The van der Waals surface area contributed by atoms with Gasteiger partial charge in [-0.05, 0) is 6.42 Å². The number of amides is 1. The number of nitrogens with one attached hydrogen (secondary N) is 1. The zero-order chi connectivity index (χ0) is 16.2. The number of ether oxygens (including phenoxy) is 2. The van der Waals surface area contributed by atoms with E-state index < -0.39 is 0 Å². The number of nitrogens with zero attached hydrogens (tertiary/aromatic N) is 2. The van der Waals surface area contributed by atoms with Crippen molar-refractivity contribution in [2.75, 3.05) is 31.8 Å². The minimum Gasteiger partial charge on any atom is -0.487 e. The summed E-state index contributed by atoms with van der Waals surface area (Å²) in [6.45, 7) is 4.05. The molecular formula is C16H23N3O4. The lowest BCUT2D eigenvalue weighted by molar-refractivity contribution is -0.00324. The maximum atomic E-state index is 12.7. The SMILES string of the molecule is CCCCCCOc1c2n(ccc1=O)NC1COCCN1C2=O. The van der Waals surface area contributed by atoms with Crippen molar-refractivity contribution in [1.29, 1.82) is 0 Å². The number of hydrogen-bond acceptors (Lipinski definition) is 5. The van der Waals surface area contributed by atoms with E-state index in [-0.39, 0.29) is 28.9 Å². The molecule has 1 aromatic heterocycles. The van der Waals surface area contributed by atoms with E-state index in [0.29, 0.717) is 26.4 Å². The second kappa shape index (κ2) is 7.04. The predicted molar refractivity (Wildman–Crippen MR) is 85.3 cm³/mol. The summed E-state index contributed by atoms with van der Waals surface area (Å²) < 4.78 is 12.7. The molecule has 0 radical (unpaired) electrons. The number of unbranched alkanes of at least 4 members (excludes halogenated alkanes) is 3. The Bertz CT molecular complexity index is 628. The van der Waals surface area contributed by atoms with E-state index in [1.54, 1.807) is 15.8 Å². The summed E-state index contributed by atoms with van der Waals surface area (Å²) in [6.07, 6.45) is 5.60. The summed E-state index contributed by atoms with van der Waals surface area (Å²) in [5.74, 6) is -0.0373. The maximum absolute atomic E-state index is 12.7. The third kappa shape index (κ3) is 3.19. The molecule has 0 bridgehead atoms. The van der Waals surface area contributed by atoms with E-state index in [0.717, 1.165) is 25.7 Å². The molecule has 1 saturated heterocycles. The molecule has 0 saturated carbocycles. The number of rotatable bonds is 6. The van der Waals surface area contributed by atoms with Crippen LogP contribution >= 0.6 is 0 Å². The van der Waals surface area contributed by atoms with E-state index in [9.17, 15) is 9.59 Å². The van der Waals surface area contributed by atoms with Crippen molar-refractivity contribution in [2.24, 2.45) is 0 Å². The highest BCUT2D eigenvalue weighted by atomic mass is 16.5.